The number of hydrogen-bond acceptors (Lipinski definition) is 3. The number of aliphatic carboxylic acids is 1. The zero-order valence-corrected chi connectivity index (χ0v) is 8.58. The minimum Gasteiger partial charge on any atom is -0.474 e. The third-order valence-electron chi connectivity index (χ3n) is 1.40. The zero-order chi connectivity index (χ0) is 11.0. The molecule has 0 aliphatic carbocycles. The van der Waals surface area contributed by atoms with E-state index in [4.69, 9.17) is 9.84 Å². The standard InChI is InChI=1S/C9H17NO4/c1-7(2)6-14-5-3-4-10-8(11)9(12)13/h7H,3-6H2,1-2H3,(H,10,11)(H,12,13). The predicted molar refractivity (Wildman–Crippen MR) is 50.9 cm³/mol. The second-order valence-electron chi connectivity index (χ2n) is 3.38. The maximum absolute atomic E-state index is 10.5. The molecule has 0 rings (SSSR count). The number of nitrogens with one attached hydrogen (secondary N) is 1. The van der Waals surface area contributed by atoms with E-state index in [1.165, 1.54) is 0 Å². The van der Waals surface area contributed by atoms with E-state index in [1.807, 2.05) is 13.8 Å². The molecule has 0 bridgehead atoms. The Labute approximate surface area is 83.4 Å². The first-order valence-electron chi connectivity index (χ1n) is 4.63. The van der Waals surface area contributed by atoms with Gasteiger partial charge in [0.05, 0.1) is 0 Å². The lowest BCUT2D eigenvalue weighted by atomic mass is 10.2. The number of carbonyl (C=O) groups excluding carboxylic acids is 1. The summed E-state index contributed by atoms with van der Waals surface area (Å²) in [4.78, 5) is 20.6. The number of carbonyl (C=O) groups is 2. The molecule has 2 N–H and O–H groups in total. The summed E-state index contributed by atoms with van der Waals surface area (Å²) < 4.78 is 5.24. The number of carboxylic acid groups (broad SMARTS) is 1. The third kappa shape index (κ3) is 7.54. The van der Waals surface area contributed by atoms with Crippen molar-refractivity contribution < 1.29 is 19.4 Å². The van der Waals surface area contributed by atoms with Gasteiger partial charge in [0, 0.05) is 19.8 Å². The van der Waals surface area contributed by atoms with Crippen molar-refractivity contribution in [3.05, 3.63) is 0 Å². The van der Waals surface area contributed by atoms with Gasteiger partial charge >= 0.3 is 11.9 Å². The summed E-state index contributed by atoms with van der Waals surface area (Å²) >= 11 is 0. The average Bonchev–Trinajstić information content (AvgIpc) is 2.09. The number of ether oxygens (including phenoxy) is 1. The first-order valence-corrected chi connectivity index (χ1v) is 4.63. The summed E-state index contributed by atoms with van der Waals surface area (Å²) in [5.74, 6) is -1.93. The smallest absolute Gasteiger partial charge is 0.394 e. The van der Waals surface area contributed by atoms with Crippen LogP contribution in [0.3, 0.4) is 0 Å². The van der Waals surface area contributed by atoms with Crippen LogP contribution < -0.4 is 5.32 Å². The summed E-state index contributed by atoms with van der Waals surface area (Å²) in [5.41, 5.74) is 0. The average molecular weight is 203 g/mol. The highest BCUT2D eigenvalue weighted by molar-refractivity contribution is 6.31. The minimum atomic E-state index is -1.45. The Hall–Kier alpha value is -1.10. The molecule has 1 amide bonds. The Balaban J connectivity index is 3.22. The largest absolute Gasteiger partial charge is 0.474 e. The third-order valence-corrected chi connectivity index (χ3v) is 1.40. The fourth-order valence-corrected chi connectivity index (χ4v) is 0.771. The molecule has 0 aromatic rings. The summed E-state index contributed by atoms with van der Waals surface area (Å²) in [6.07, 6.45) is 0.631. The van der Waals surface area contributed by atoms with Crippen LogP contribution in [0.25, 0.3) is 0 Å². The van der Waals surface area contributed by atoms with E-state index in [9.17, 15) is 9.59 Å². The first-order chi connectivity index (χ1) is 6.54. The van der Waals surface area contributed by atoms with Gasteiger partial charge in [-0.25, -0.2) is 4.79 Å². The Morgan fingerprint density at radius 3 is 2.57 bits per heavy atom. The predicted octanol–water partition coefficient (Wildman–Crippen LogP) is 0.250. The molecule has 0 aromatic carbocycles. The lowest BCUT2D eigenvalue weighted by Gasteiger charge is -2.06. The SMILES string of the molecule is CC(C)COCCCNC(=O)C(=O)O. The molecular formula is C9H17NO4. The van der Waals surface area contributed by atoms with Crippen LogP contribution in [0.4, 0.5) is 0 Å². The van der Waals surface area contributed by atoms with E-state index in [1.54, 1.807) is 0 Å². The van der Waals surface area contributed by atoms with Crippen molar-refractivity contribution in [3.63, 3.8) is 0 Å². The van der Waals surface area contributed by atoms with Crippen molar-refractivity contribution in [2.75, 3.05) is 19.8 Å². The highest BCUT2D eigenvalue weighted by atomic mass is 16.5. The van der Waals surface area contributed by atoms with Gasteiger partial charge in [-0.3, -0.25) is 4.79 Å². The second kappa shape index (κ2) is 7.32. The molecule has 82 valence electrons. The molecule has 0 radical (unpaired) electrons. The first kappa shape index (κ1) is 12.9. The van der Waals surface area contributed by atoms with Gasteiger partial charge < -0.3 is 15.2 Å². The molecule has 0 atom stereocenters. The van der Waals surface area contributed by atoms with Crippen molar-refractivity contribution >= 4 is 11.9 Å². The van der Waals surface area contributed by atoms with Crippen molar-refractivity contribution in [1.29, 1.82) is 0 Å². The van der Waals surface area contributed by atoms with Crippen LogP contribution in [-0.2, 0) is 14.3 Å². The van der Waals surface area contributed by atoms with Crippen molar-refractivity contribution in [3.8, 4) is 0 Å². The van der Waals surface area contributed by atoms with Crippen LogP contribution in [0, 0.1) is 5.92 Å². The molecule has 5 nitrogen and oxygen atoms in total. The minimum absolute atomic E-state index is 0.337. The quantitative estimate of drug-likeness (QED) is 0.479. The number of amides is 1. The molecule has 0 saturated heterocycles. The molecular weight excluding hydrogens is 186 g/mol. The van der Waals surface area contributed by atoms with E-state index in [-0.39, 0.29) is 0 Å². The molecule has 0 aliphatic rings. The lowest BCUT2D eigenvalue weighted by Crippen LogP contribution is -2.31. The number of carboxylic acids is 1. The van der Waals surface area contributed by atoms with E-state index < -0.39 is 11.9 Å². The molecule has 0 saturated carbocycles. The van der Waals surface area contributed by atoms with Crippen molar-refractivity contribution in [1.82, 2.24) is 5.32 Å². The fraction of sp³-hybridized carbons (Fsp3) is 0.778. The summed E-state index contributed by atoms with van der Waals surface area (Å²) in [6.45, 7) is 5.66. The molecule has 0 spiro atoms. The topological polar surface area (TPSA) is 75.6 Å². The molecule has 14 heavy (non-hydrogen) atoms. The normalized spacial score (nSPS) is 10.2. The maximum atomic E-state index is 10.5. The van der Waals surface area contributed by atoms with Crippen molar-refractivity contribution in [2.24, 2.45) is 5.92 Å². The van der Waals surface area contributed by atoms with Gasteiger partial charge in [-0.15, -0.1) is 0 Å². The lowest BCUT2D eigenvalue weighted by molar-refractivity contribution is -0.150. The van der Waals surface area contributed by atoms with Gasteiger partial charge in [0.15, 0.2) is 0 Å². The van der Waals surface area contributed by atoms with Crippen LogP contribution >= 0.6 is 0 Å². The monoisotopic (exact) mass is 203 g/mol. The number of rotatable bonds is 6. The van der Waals surface area contributed by atoms with E-state index in [0.29, 0.717) is 32.1 Å². The van der Waals surface area contributed by atoms with Gasteiger partial charge in [-0.2, -0.15) is 0 Å². The fourth-order valence-electron chi connectivity index (χ4n) is 0.771. The van der Waals surface area contributed by atoms with E-state index >= 15 is 0 Å². The molecule has 5 heteroatoms. The van der Waals surface area contributed by atoms with Gasteiger partial charge in [-0.1, -0.05) is 13.8 Å². The van der Waals surface area contributed by atoms with Gasteiger partial charge in [0.2, 0.25) is 0 Å². The molecule has 0 aromatic heterocycles. The molecule has 0 aliphatic heterocycles. The van der Waals surface area contributed by atoms with Crippen LogP contribution in [-0.4, -0.2) is 36.7 Å². The van der Waals surface area contributed by atoms with Gasteiger partial charge in [0.1, 0.15) is 0 Å². The van der Waals surface area contributed by atoms with E-state index in [0.717, 1.165) is 0 Å². The van der Waals surface area contributed by atoms with Crippen LogP contribution in [0.15, 0.2) is 0 Å². The van der Waals surface area contributed by atoms with Crippen LogP contribution in [0.1, 0.15) is 20.3 Å². The Morgan fingerprint density at radius 2 is 2.07 bits per heavy atom. The van der Waals surface area contributed by atoms with Crippen molar-refractivity contribution in [2.45, 2.75) is 20.3 Å². The van der Waals surface area contributed by atoms with Gasteiger partial charge in [-0.05, 0) is 12.3 Å². The summed E-state index contributed by atoms with van der Waals surface area (Å²) in [6, 6.07) is 0. The van der Waals surface area contributed by atoms with Crippen LogP contribution in [0.2, 0.25) is 0 Å². The Morgan fingerprint density at radius 1 is 1.43 bits per heavy atom. The van der Waals surface area contributed by atoms with Gasteiger partial charge in [0.25, 0.3) is 0 Å². The second-order valence-corrected chi connectivity index (χ2v) is 3.38. The maximum Gasteiger partial charge on any atom is 0.394 e. The zero-order valence-electron chi connectivity index (χ0n) is 8.58. The Bertz CT molecular complexity index is 191. The molecule has 0 heterocycles. The summed E-state index contributed by atoms with van der Waals surface area (Å²) in [7, 11) is 0. The summed E-state index contributed by atoms with van der Waals surface area (Å²) in [5, 5.41) is 10.5. The van der Waals surface area contributed by atoms with Crippen LogP contribution in [0.5, 0.6) is 0 Å². The highest BCUT2D eigenvalue weighted by Crippen LogP contribution is 1.92. The number of hydrogen-bond donors (Lipinski definition) is 2. The molecule has 0 unspecified atom stereocenters. The molecule has 0 fully saturated rings. The Kier molecular flexibility index (Phi) is 6.74. The highest BCUT2D eigenvalue weighted by Gasteiger charge is 2.08. The van der Waals surface area contributed by atoms with E-state index in [2.05, 4.69) is 5.32 Å².